The SMILES string of the molecule is NC[C@@H]1OCCc2c(-c3cocn3)cccc21. The minimum absolute atomic E-state index is 0.00519. The van der Waals surface area contributed by atoms with E-state index in [0.717, 1.165) is 17.7 Å². The molecule has 2 heterocycles. The van der Waals surface area contributed by atoms with Crippen LogP contribution in [-0.2, 0) is 11.2 Å². The third-order valence-electron chi connectivity index (χ3n) is 3.15. The first kappa shape index (κ1) is 10.5. The number of aromatic nitrogens is 1. The fourth-order valence-electron chi connectivity index (χ4n) is 2.36. The van der Waals surface area contributed by atoms with Crippen LogP contribution >= 0.6 is 0 Å². The average molecular weight is 230 g/mol. The Labute approximate surface area is 99.4 Å². The highest BCUT2D eigenvalue weighted by Gasteiger charge is 2.22. The van der Waals surface area contributed by atoms with Crippen molar-refractivity contribution in [2.45, 2.75) is 12.5 Å². The van der Waals surface area contributed by atoms with E-state index in [-0.39, 0.29) is 6.10 Å². The predicted molar refractivity (Wildman–Crippen MR) is 63.4 cm³/mol. The van der Waals surface area contributed by atoms with E-state index >= 15 is 0 Å². The van der Waals surface area contributed by atoms with Crippen molar-refractivity contribution in [1.82, 2.24) is 4.98 Å². The van der Waals surface area contributed by atoms with Gasteiger partial charge in [-0.3, -0.25) is 0 Å². The fourth-order valence-corrected chi connectivity index (χ4v) is 2.36. The lowest BCUT2D eigenvalue weighted by molar-refractivity contribution is 0.0486. The normalized spacial score (nSPS) is 19.0. The molecule has 1 aliphatic heterocycles. The zero-order valence-corrected chi connectivity index (χ0v) is 9.43. The number of hydrogen-bond acceptors (Lipinski definition) is 4. The summed E-state index contributed by atoms with van der Waals surface area (Å²) in [6.07, 6.45) is 4.02. The largest absolute Gasteiger partial charge is 0.451 e. The lowest BCUT2D eigenvalue weighted by Crippen LogP contribution is -2.23. The van der Waals surface area contributed by atoms with Crippen LogP contribution < -0.4 is 5.73 Å². The van der Waals surface area contributed by atoms with Gasteiger partial charge in [0.1, 0.15) is 12.0 Å². The number of oxazole rings is 1. The van der Waals surface area contributed by atoms with Crippen LogP contribution in [-0.4, -0.2) is 18.1 Å². The summed E-state index contributed by atoms with van der Waals surface area (Å²) in [6.45, 7) is 1.22. The molecule has 4 nitrogen and oxygen atoms in total. The minimum Gasteiger partial charge on any atom is -0.451 e. The quantitative estimate of drug-likeness (QED) is 0.856. The van der Waals surface area contributed by atoms with Crippen molar-refractivity contribution in [2.24, 2.45) is 5.73 Å². The second kappa shape index (κ2) is 4.31. The molecule has 1 aromatic carbocycles. The van der Waals surface area contributed by atoms with Crippen molar-refractivity contribution < 1.29 is 9.15 Å². The Bertz CT molecular complexity index is 508. The van der Waals surface area contributed by atoms with Gasteiger partial charge < -0.3 is 14.9 Å². The molecule has 0 saturated heterocycles. The van der Waals surface area contributed by atoms with Crippen molar-refractivity contribution in [3.05, 3.63) is 42.0 Å². The van der Waals surface area contributed by atoms with Crippen molar-refractivity contribution in [3.8, 4) is 11.3 Å². The van der Waals surface area contributed by atoms with Gasteiger partial charge in [-0.1, -0.05) is 18.2 Å². The summed E-state index contributed by atoms with van der Waals surface area (Å²) >= 11 is 0. The molecule has 3 rings (SSSR count). The molecular weight excluding hydrogens is 216 g/mol. The zero-order chi connectivity index (χ0) is 11.7. The summed E-state index contributed by atoms with van der Waals surface area (Å²) in [5.74, 6) is 0. The summed E-state index contributed by atoms with van der Waals surface area (Å²) in [6, 6.07) is 6.16. The van der Waals surface area contributed by atoms with E-state index in [0.29, 0.717) is 13.2 Å². The molecule has 0 amide bonds. The summed E-state index contributed by atoms with van der Waals surface area (Å²) in [4.78, 5) is 4.21. The molecule has 17 heavy (non-hydrogen) atoms. The van der Waals surface area contributed by atoms with Gasteiger partial charge in [-0.05, 0) is 17.5 Å². The molecular formula is C13H14N2O2. The van der Waals surface area contributed by atoms with E-state index in [1.54, 1.807) is 6.26 Å². The molecule has 0 spiro atoms. The Morgan fingerprint density at radius 1 is 1.41 bits per heavy atom. The van der Waals surface area contributed by atoms with Gasteiger partial charge in [0.25, 0.3) is 0 Å². The number of ether oxygens (including phenoxy) is 1. The van der Waals surface area contributed by atoms with Gasteiger partial charge in [0, 0.05) is 12.1 Å². The number of hydrogen-bond donors (Lipinski definition) is 1. The zero-order valence-electron chi connectivity index (χ0n) is 9.43. The summed E-state index contributed by atoms with van der Waals surface area (Å²) in [7, 11) is 0. The van der Waals surface area contributed by atoms with Crippen LogP contribution in [0.4, 0.5) is 0 Å². The first-order chi connectivity index (χ1) is 8.40. The van der Waals surface area contributed by atoms with Crippen LogP contribution in [0.2, 0.25) is 0 Å². The third-order valence-corrected chi connectivity index (χ3v) is 3.15. The minimum atomic E-state index is 0.00519. The number of rotatable bonds is 2. The lowest BCUT2D eigenvalue weighted by Gasteiger charge is -2.26. The third kappa shape index (κ3) is 1.75. The van der Waals surface area contributed by atoms with E-state index in [9.17, 15) is 0 Å². The lowest BCUT2D eigenvalue weighted by atomic mass is 9.92. The topological polar surface area (TPSA) is 61.3 Å². The molecule has 4 heteroatoms. The Hall–Kier alpha value is -1.65. The maximum absolute atomic E-state index is 5.73. The van der Waals surface area contributed by atoms with Gasteiger partial charge in [0.05, 0.1) is 12.7 Å². The highest BCUT2D eigenvalue weighted by atomic mass is 16.5. The number of benzene rings is 1. The van der Waals surface area contributed by atoms with E-state index in [4.69, 9.17) is 14.9 Å². The molecule has 0 aliphatic carbocycles. The first-order valence-electron chi connectivity index (χ1n) is 5.72. The van der Waals surface area contributed by atoms with E-state index < -0.39 is 0 Å². The van der Waals surface area contributed by atoms with Gasteiger partial charge in [-0.15, -0.1) is 0 Å². The number of nitrogens with two attached hydrogens (primary N) is 1. The molecule has 2 aromatic rings. The van der Waals surface area contributed by atoms with Crippen LogP contribution in [0.25, 0.3) is 11.3 Å². The van der Waals surface area contributed by atoms with Crippen LogP contribution in [0.1, 0.15) is 17.2 Å². The highest BCUT2D eigenvalue weighted by molar-refractivity contribution is 5.65. The van der Waals surface area contributed by atoms with Gasteiger partial charge in [0.2, 0.25) is 0 Å². The fraction of sp³-hybridized carbons (Fsp3) is 0.308. The molecule has 88 valence electrons. The van der Waals surface area contributed by atoms with E-state index in [1.807, 2.05) is 6.07 Å². The Morgan fingerprint density at radius 2 is 2.35 bits per heavy atom. The van der Waals surface area contributed by atoms with Crippen molar-refractivity contribution in [2.75, 3.05) is 13.2 Å². The monoisotopic (exact) mass is 230 g/mol. The van der Waals surface area contributed by atoms with Crippen molar-refractivity contribution in [3.63, 3.8) is 0 Å². The summed E-state index contributed by atoms with van der Waals surface area (Å²) < 4.78 is 10.7. The van der Waals surface area contributed by atoms with Crippen LogP contribution in [0.15, 0.2) is 35.3 Å². The molecule has 0 radical (unpaired) electrons. The first-order valence-corrected chi connectivity index (χ1v) is 5.72. The van der Waals surface area contributed by atoms with E-state index in [1.165, 1.54) is 17.5 Å². The van der Waals surface area contributed by atoms with Crippen LogP contribution in [0.5, 0.6) is 0 Å². The molecule has 1 aliphatic rings. The van der Waals surface area contributed by atoms with Gasteiger partial charge in [-0.2, -0.15) is 0 Å². The Kier molecular flexibility index (Phi) is 2.66. The Balaban J connectivity index is 2.12. The second-order valence-corrected chi connectivity index (χ2v) is 4.09. The van der Waals surface area contributed by atoms with Crippen LogP contribution in [0, 0.1) is 0 Å². The highest BCUT2D eigenvalue weighted by Crippen LogP contribution is 2.33. The molecule has 1 atom stereocenters. The number of nitrogens with zero attached hydrogens (tertiary/aromatic N) is 1. The van der Waals surface area contributed by atoms with Crippen LogP contribution in [0.3, 0.4) is 0 Å². The molecule has 0 saturated carbocycles. The predicted octanol–water partition coefficient (Wildman–Crippen LogP) is 1.91. The smallest absolute Gasteiger partial charge is 0.181 e. The van der Waals surface area contributed by atoms with E-state index in [2.05, 4.69) is 17.1 Å². The maximum atomic E-state index is 5.73. The molecule has 0 unspecified atom stereocenters. The molecule has 2 N–H and O–H groups in total. The summed E-state index contributed by atoms with van der Waals surface area (Å²) in [5.41, 5.74) is 10.2. The second-order valence-electron chi connectivity index (χ2n) is 4.09. The van der Waals surface area contributed by atoms with Crippen molar-refractivity contribution >= 4 is 0 Å². The molecule has 0 fully saturated rings. The Morgan fingerprint density at radius 3 is 3.12 bits per heavy atom. The molecule has 1 aromatic heterocycles. The van der Waals surface area contributed by atoms with Gasteiger partial charge in [0.15, 0.2) is 6.39 Å². The maximum Gasteiger partial charge on any atom is 0.181 e. The standard InChI is InChI=1S/C13H14N2O2/c14-6-13-11-3-1-2-10(9(11)4-5-17-13)12-7-16-8-15-12/h1-3,7-8,13H,4-6,14H2/t13-/m0/s1. The van der Waals surface area contributed by atoms with Crippen molar-refractivity contribution in [1.29, 1.82) is 0 Å². The summed E-state index contributed by atoms with van der Waals surface area (Å²) in [5, 5.41) is 0. The number of fused-ring (bicyclic) bond motifs is 1. The van der Waals surface area contributed by atoms with Gasteiger partial charge >= 0.3 is 0 Å². The van der Waals surface area contributed by atoms with Gasteiger partial charge in [-0.25, -0.2) is 4.98 Å². The molecule has 0 bridgehead atoms. The average Bonchev–Trinajstić information content (AvgIpc) is 2.91.